The van der Waals surface area contributed by atoms with Gasteiger partial charge in [-0.25, -0.2) is 0 Å². The number of halogens is 2. The summed E-state index contributed by atoms with van der Waals surface area (Å²) >= 11 is 1.65. The van der Waals surface area contributed by atoms with Gasteiger partial charge in [-0.1, -0.05) is 30.0 Å². The highest BCUT2D eigenvalue weighted by Gasteiger charge is 2.17. The lowest BCUT2D eigenvalue weighted by molar-refractivity contribution is -0.116. The highest BCUT2D eigenvalue weighted by atomic mass is 32.2. The van der Waals surface area contributed by atoms with Crippen molar-refractivity contribution >= 4 is 40.6 Å². The zero-order chi connectivity index (χ0) is 16.8. The molecule has 1 heterocycles. The molecule has 0 aliphatic heterocycles. The van der Waals surface area contributed by atoms with Crippen molar-refractivity contribution in [2.75, 3.05) is 18.9 Å². The second kappa shape index (κ2) is 8.07. The molecule has 0 unspecified atom stereocenters. The number of thiophene rings is 1. The lowest BCUT2D eigenvalue weighted by atomic mass is 10.3. The molecule has 0 spiro atoms. The zero-order valence-corrected chi connectivity index (χ0v) is 13.8. The minimum absolute atomic E-state index is 0.162. The molecule has 2 amide bonds. The molecule has 0 fully saturated rings. The fourth-order valence-electron chi connectivity index (χ4n) is 1.83. The molecule has 2 rings (SSSR count). The van der Waals surface area contributed by atoms with E-state index in [0.29, 0.717) is 22.3 Å². The van der Waals surface area contributed by atoms with Crippen molar-refractivity contribution in [2.24, 2.45) is 0 Å². The first-order valence-corrected chi connectivity index (χ1v) is 8.36. The Hall–Kier alpha value is -1.93. The van der Waals surface area contributed by atoms with E-state index in [1.54, 1.807) is 35.7 Å². The smallest absolute Gasteiger partial charge is 0.288 e. The molecule has 0 saturated heterocycles. The van der Waals surface area contributed by atoms with Gasteiger partial charge in [-0.05, 0) is 23.6 Å². The molecule has 122 valence electrons. The molecule has 0 atom stereocenters. The molecule has 1 aromatic carbocycles. The Kier molecular flexibility index (Phi) is 6.12. The van der Waals surface area contributed by atoms with Gasteiger partial charge in [0.1, 0.15) is 0 Å². The molecule has 0 aliphatic carbocycles. The lowest BCUT2D eigenvalue weighted by Gasteiger charge is -2.17. The van der Waals surface area contributed by atoms with Crippen molar-refractivity contribution in [3.8, 4) is 0 Å². The summed E-state index contributed by atoms with van der Waals surface area (Å²) in [6, 6.07) is 9.74. The number of likely N-dealkylation sites (N-methyl/N-ethyl adjacent to an activating group) is 1. The third-order valence-corrected chi connectivity index (χ3v) is 4.48. The van der Waals surface area contributed by atoms with E-state index < -0.39 is 11.7 Å². The van der Waals surface area contributed by atoms with Crippen LogP contribution in [-0.4, -0.2) is 36.1 Å². The molecule has 1 aromatic heterocycles. The molecule has 0 aliphatic rings. The fraction of sp³-hybridized carbons (Fsp3) is 0.200. The number of hydrogen-bond donors (Lipinski definition) is 1. The van der Waals surface area contributed by atoms with Gasteiger partial charge in [0.2, 0.25) is 5.91 Å². The van der Waals surface area contributed by atoms with Crippen LogP contribution < -0.4 is 5.32 Å². The fourth-order valence-corrected chi connectivity index (χ4v) is 3.15. The largest absolute Gasteiger partial charge is 0.332 e. The van der Waals surface area contributed by atoms with Gasteiger partial charge in [-0.15, -0.1) is 11.3 Å². The van der Waals surface area contributed by atoms with Gasteiger partial charge in [0, 0.05) is 11.9 Å². The van der Waals surface area contributed by atoms with E-state index in [4.69, 9.17) is 0 Å². The zero-order valence-electron chi connectivity index (χ0n) is 12.2. The molecular formula is C15H14F2N2O2S2. The number of nitrogens with zero attached hydrogens (tertiary/aromatic N) is 1. The number of hydrogen-bond acceptors (Lipinski definition) is 4. The normalized spacial score (nSPS) is 10.6. The molecule has 0 bridgehead atoms. The number of carbonyl (C=O) groups is 2. The molecule has 23 heavy (non-hydrogen) atoms. The quantitative estimate of drug-likeness (QED) is 0.802. The Balaban J connectivity index is 1.98. The summed E-state index contributed by atoms with van der Waals surface area (Å²) in [5, 5.41) is 4.34. The minimum Gasteiger partial charge on any atom is -0.332 e. The van der Waals surface area contributed by atoms with E-state index in [1.165, 1.54) is 29.4 Å². The number of anilines is 1. The summed E-state index contributed by atoms with van der Waals surface area (Å²) in [6.07, 6.45) is 0. The van der Waals surface area contributed by atoms with Crippen LogP contribution in [0.1, 0.15) is 9.67 Å². The van der Waals surface area contributed by atoms with Crippen molar-refractivity contribution in [3.05, 3.63) is 46.7 Å². The van der Waals surface area contributed by atoms with Crippen molar-refractivity contribution < 1.29 is 18.4 Å². The molecule has 0 saturated carbocycles. The maximum atomic E-state index is 12.5. The van der Waals surface area contributed by atoms with E-state index in [1.807, 2.05) is 0 Å². The topological polar surface area (TPSA) is 49.4 Å². The number of carbonyl (C=O) groups excluding carboxylic acids is 2. The van der Waals surface area contributed by atoms with Crippen LogP contribution in [-0.2, 0) is 4.79 Å². The lowest BCUT2D eigenvalue weighted by Crippen LogP contribution is -2.34. The maximum absolute atomic E-state index is 12.5. The highest BCUT2D eigenvalue weighted by molar-refractivity contribution is 7.99. The van der Waals surface area contributed by atoms with Crippen LogP contribution in [0.5, 0.6) is 0 Å². The van der Waals surface area contributed by atoms with Gasteiger partial charge in [0.15, 0.2) is 0 Å². The number of amides is 2. The summed E-state index contributed by atoms with van der Waals surface area (Å²) in [7, 11) is 1.52. The van der Waals surface area contributed by atoms with Crippen LogP contribution in [0.3, 0.4) is 0 Å². The van der Waals surface area contributed by atoms with E-state index in [0.717, 1.165) is 0 Å². The van der Waals surface area contributed by atoms with Crippen molar-refractivity contribution in [2.45, 2.75) is 10.7 Å². The predicted molar refractivity (Wildman–Crippen MR) is 88.2 cm³/mol. The van der Waals surface area contributed by atoms with Crippen LogP contribution in [0.15, 0.2) is 46.7 Å². The first kappa shape index (κ1) is 17.4. The molecule has 4 nitrogen and oxygen atoms in total. The summed E-state index contributed by atoms with van der Waals surface area (Å²) in [5.41, 5.74) is 0.305. The van der Waals surface area contributed by atoms with Gasteiger partial charge in [-0.3, -0.25) is 9.59 Å². The maximum Gasteiger partial charge on any atom is 0.288 e. The van der Waals surface area contributed by atoms with Crippen molar-refractivity contribution in [1.29, 1.82) is 0 Å². The van der Waals surface area contributed by atoms with Gasteiger partial charge >= 0.3 is 0 Å². The third kappa shape index (κ3) is 5.04. The van der Waals surface area contributed by atoms with Crippen molar-refractivity contribution in [1.82, 2.24) is 4.90 Å². The second-order valence-corrected chi connectivity index (χ2v) is 6.54. The summed E-state index contributed by atoms with van der Waals surface area (Å²) in [4.78, 5) is 26.2. The van der Waals surface area contributed by atoms with E-state index in [-0.39, 0.29) is 17.3 Å². The average Bonchev–Trinajstić information content (AvgIpc) is 3.02. The Labute approximate surface area is 140 Å². The molecule has 0 radical (unpaired) electrons. The van der Waals surface area contributed by atoms with E-state index >= 15 is 0 Å². The highest BCUT2D eigenvalue weighted by Crippen LogP contribution is 2.31. The number of benzene rings is 1. The number of alkyl halides is 2. The first-order valence-electron chi connectivity index (χ1n) is 6.60. The number of rotatable bonds is 6. The number of nitrogens with one attached hydrogen (secondary N) is 1. The minimum atomic E-state index is -2.57. The van der Waals surface area contributed by atoms with Gasteiger partial charge in [0.05, 0.1) is 17.1 Å². The Morgan fingerprint density at radius 3 is 2.65 bits per heavy atom. The molecular weight excluding hydrogens is 342 g/mol. The van der Waals surface area contributed by atoms with Gasteiger partial charge in [-0.2, -0.15) is 8.78 Å². The number of para-hydroxylation sites is 1. The SMILES string of the molecule is CN(CC(=O)Nc1ccccc1SC(F)F)C(=O)c1cccs1. The van der Waals surface area contributed by atoms with Gasteiger partial charge in [0.25, 0.3) is 11.7 Å². The standard InChI is InChI=1S/C15H14F2N2O2S2/c1-19(14(21)12-7-4-8-22-12)9-13(20)18-10-5-2-3-6-11(10)23-15(16)17/h2-8,15H,9H2,1H3,(H,18,20). The Morgan fingerprint density at radius 1 is 1.26 bits per heavy atom. The summed E-state index contributed by atoms with van der Waals surface area (Å²) in [5.74, 6) is -3.28. The van der Waals surface area contributed by atoms with Crippen LogP contribution >= 0.6 is 23.1 Å². The third-order valence-electron chi connectivity index (χ3n) is 2.84. The van der Waals surface area contributed by atoms with Crippen molar-refractivity contribution in [3.63, 3.8) is 0 Å². The van der Waals surface area contributed by atoms with Crippen LogP contribution in [0.25, 0.3) is 0 Å². The molecule has 1 N–H and O–H groups in total. The van der Waals surface area contributed by atoms with Crippen LogP contribution in [0, 0.1) is 0 Å². The summed E-state index contributed by atoms with van der Waals surface area (Å²) < 4.78 is 25.0. The number of thioether (sulfide) groups is 1. The average molecular weight is 356 g/mol. The van der Waals surface area contributed by atoms with Crippen LogP contribution in [0.4, 0.5) is 14.5 Å². The van der Waals surface area contributed by atoms with Crippen LogP contribution in [0.2, 0.25) is 0 Å². The Bertz CT molecular complexity index is 678. The first-order chi connectivity index (χ1) is 11.0. The second-order valence-electron chi connectivity index (χ2n) is 4.56. The molecule has 2 aromatic rings. The monoisotopic (exact) mass is 356 g/mol. The van der Waals surface area contributed by atoms with E-state index in [9.17, 15) is 18.4 Å². The Morgan fingerprint density at radius 2 is 2.00 bits per heavy atom. The van der Waals surface area contributed by atoms with E-state index in [2.05, 4.69) is 5.32 Å². The molecule has 8 heteroatoms. The summed E-state index contributed by atoms with van der Waals surface area (Å²) in [6.45, 7) is -0.162. The predicted octanol–water partition coefficient (Wildman–Crippen LogP) is 3.77. The van der Waals surface area contributed by atoms with Gasteiger partial charge < -0.3 is 10.2 Å².